The van der Waals surface area contributed by atoms with Crippen molar-refractivity contribution in [2.45, 2.75) is 13.3 Å². The Morgan fingerprint density at radius 1 is 1.62 bits per heavy atom. The van der Waals surface area contributed by atoms with Gasteiger partial charge in [-0.25, -0.2) is 0 Å². The number of methoxy groups -OCH3 is 1. The average molecular weight is 117 g/mol. The van der Waals surface area contributed by atoms with Crippen LogP contribution in [0.4, 0.5) is 0 Å². The van der Waals surface area contributed by atoms with Gasteiger partial charge in [-0.15, -0.1) is 0 Å². The Morgan fingerprint density at radius 3 is 2.62 bits per heavy atom. The fourth-order valence-corrected chi connectivity index (χ4v) is 0.437. The van der Waals surface area contributed by atoms with Gasteiger partial charge >= 0.3 is 0 Å². The average Bonchev–Trinajstić information content (AvgIpc) is 1.83. The summed E-state index contributed by atoms with van der Waals surface area (Å²) in [6, 6.07) is 0. The first-order chi connectivity index (χ1) is 3.81. The fraction of sp³-hybridized carbons (Fsp3) is 1.00. The summed E-state index contributed by atoms with van der Waals surface area (Å²) in [6.45, 7) is 3.72. The lowest BCUT2D eigenvalue weighted by Gasteiger charge is -2.04. The highest BCUT2D eigenvalue weighted by molar-refractivity contribution is 4.50. The van der Waals surface area contributed by atoms with Gasteiger partial charge in [0.05, 0.1) is 0 Å². The maximum atomic E-state index is 5.36. The molecule has 8 heavy (non-hydrogen) atoms. The monoisotopic (exact) mass is 117 g/mol. The first-order valence-electron chi connectivity index (χ1n) is 3.00. The third-order valence-electron chi connectivity index (χ3n) is 1.22. The highest BCUT2D eigenvalue weighted by Gasteiger charge is 1.95. The quantitative estimate of drug-likeness (QED) is 0.585. The molecule has 0 aromatic rings. The van der Waals surface area contributed by atoms with Crippen molar-refractivity contribution in [3.8, 4) is 0 Å². The summed E-state index contributed by atoms with van der Waals surface area (Å²) in [6.07, 6.45) is 1.08. The molecule has 0 aliphatic heterocycles. The molecule has 0 saturated heterocycles. The fourth-order valence-electron chi connectivity index (χ4n) is 0.437. The molecule has 0 radical (unpaired) electrons. The predicted octanol–water partition coefficient (Wildman–Crippen LogP) is 0.618. The number of nitrogens with two attached hydrogens (primary N) is 1. The lowest BCUT2D eigenvalue weighted by molar-refractivity contribution is 0.181. The zero-order valence-electron chi connectivity index (χ0n) is 5.68. The number of rotatable bonds is 4. The zero-order chi connectivity index (χ0) is 6.41. The molecular formula is C6H15NO. The molecule has 0 saturated carbocycles. The highest BCUT2D eigenvalue weighted by Crippen LogP contribution is 1.96. The molecular weight excluding hydrogens is 102 g/mol. The summed E-state index contributed by atoms with van der Waals surface area (Å²) in [7, 11) is 1.71. The Morgan fingerprint density at radius 2 is 2.25 bits per heavy atom. The highest BCUT2D eigenvalue weighted by atomic mass is 16.5. The molecule has 0 aromatic heterocycles. The maximum Gasteiger partial charge on any atom is 0.0465 e. The van der Waals surface area contributed by atoms with E-state index in [0.29, 0.717) is 5.92 Å². The van der Waals surface area contributed by atoms with Crippen molar-refractivity contribution < 1.29 is 4.74 Å². The lowest BCUT2D eigenvalue weighted by Crippen LogP contribution is -2.12. The van der Waals surface area contributed by atoms with Crippen LogP contribution in [0.15, 0.2) is 0 Å². The van der Waals surface area contributed by atoms with Crippen LogP contribution in [0.5, 0.6) is 0 Å². The van der Waals surface area contributed by atoms with E-state index in [1.807, 2.05) is 0 Å². The number of hydrogen-bond acceptors (Lipinski definition) is 2. The van der Waals surface area contributed by atoms with Crippen molar-refractivity contribution in [1.82, 2.24) is 0 Å². The van der Waals surface area contributed by atoms with Crippen LogP contribution in [0.25, 0.3) is 0 Å². The van der Waals surface area contributed by atoms with E-state index in [4.69, 9.17) is 10.5 Å². The largest absolute Gasteiger partial charge is 0.385 e. The molecule has 0 aliphatic rings. The third kappa shape index (κ3) is 4.09. The van der Waals surface area contributed by atoms with Crippen molar-refractivity contribution in [3.63, 3.8) is 0 Å². The minimum atomic E-state index is 0.606. The Labute approximate surface area is 51.0 Å². The van der Waals surface area contributed by atoms with E-state index in [1.54, 1.807) is 7.11 Å². The summed E-state index contributed by atoms with van der Waals surface area (Å²) in [4.78, 5) is 0. The van der Waals surface area contributed by atoms with Gasteiger partial charge in [0.2, 0.25) is 0 Å². The minimum Gasteiger partial charge on any atom is -0.385 e. The minimum absolute atomic E-state index is 0.606. The summed E-state index contributed by atoms with van der Waals surface area (Å²) < 4.78 is 4.86. The summed E-state index contributed by atoms with van der Waals surface area (Å²) in [5, 5.41) is 0. The van der Waals surface area contributed by atoms with E-state index >= 15 is 0 Å². The zero-order valence-corrected chi connectivity index (χ0v) is 5.68. The van der Waals surface area contributed by atoms with Gasteiger partial charge in [0.1, 0.15) is 0 Å². The van der Waals surface area contributed by atoms with Gasteiger partial charge in [-0.1, -0.05) is 6.92 Å². The molecule has 0 fully saturated rings. The van der Waals surface area contributed by atoms with Crippen LogP contribution >= 0.6 is 0 Å². The molecule has 0 aliphatic carbocycles. The van der Waals surface area contributed by atoms with Crippen molar-refractivity contribution in [1.29, 1.82) is 0 Å². The van der Waals surface area contributed by atoms with E-state index in [1.165, 1.54) is 0 Å². The van der Waals surface area contributed by atoms with Crippen molar-refractivity contribution in [2.24, 2.45) is 11.7 Å². The smallest absolute Gasteiger partial charge is 0.0465 e. The molecule has 1 atom stereocenters. The summed E-state index contributed by atoms with van der Waals surface area (Å²) in [5.74, 6) is 0.606. The molecule has 2 heteroatoms. The van der Waals surface area contributed by atoms with Crippen LogP contribution in [0.2, 0.25) is 0 Å². The Balaban J connectivity index is 2.86. The van der Waals surface area contributed by atoms with E-state index in [-0.39, 0.29) is 0 Å². The second kappa shape index (κ2) is 5.06. The van der Waals surface area contributed by atoms with Crippen LogP contribution in [-0.4, -0.2) is 20.3 Å². The van der Waals surface area contributed by atoms with Gasteiger partial charge in [0.15, 0.2) is 0 Å². The predicted molar refractivity (Wildman–Crippen MR) is 34.7 cm³/mol. The van der Waals surface area contributed by atoms with Crippen molar-refractivity contribution in [2.75, 3.05) is 20.3 Å². The van der Waals surface area contributed by atoms with Gasteiger partial charge in [-0.2, -0.15) is 0 Å². The maximum absolute atomic E-state index is 5.36. The van der Waals surface area contributed by atoms with Gasteiger partial charge in [-0.3, -0.25) is 0 Å². The normalized spacial score (nSPS) is 13.9. The lowest BCUT2D eigenvalue weighted by atomic mass is 10.1. The SMILES string of the molecule is COCC[C@H](C)CN. The van der Waals surface area contributed by atoms with Crippen LogP contribution < -0.4 is 5.73 Å². The Hall–Kier alpha value is -0.0800. The van der Waals surface area contributed by atoms with Gasteiger partial charge < -0.3 is 10.5 Å². The number of hydrogen-bond donors (Lipinski definition) is 1. The molecule has 0 bridgehead atoms. The molecule has 0 unspecified atom stereocenters. The van der Waals surface area contributed by atoms with E-state index in [0.717, 1.165) is 19.6 Å². The topological polar surface area (TPSA) is 35.2 Å². The Bertz CT molecular complexity index is 47.8. The molecule has 0 aromatic carbocycles. The first kappa shape index (κ1) is 7.92. The second-order valence-corrected chi connectivity index (χ2v) is 2.12. The van der Waals surface area contributed by atoms with Crippen LogP contribution in [0, 0.1) is 5.92 Å². The van der Waals surface area contributed by atoms with Gasteiger partial charge in [-0.05, 0) is 18.9 Å². The molecule has 50 valence electrons. The van der Waals surface area contributed by atoms with Crippen molar-refractivity contribution >= 4 is 0 Å². The standard InChI is InChI=1S/C6H15NO/c1-6(5-7)3-4-8-2/h6H,3-5,7H2,1-2H3/t6-/m0/s1. The molecule has 0 rings (SSSR count). The first-order valence-corrected chi connectivity index (χ1v) is 3.00. The summed E-state index contributed by atoms with van der Waals surface area (Å²) in [5.41, 5.74) is 5.36. The summed E-state index contributed by atoms with van der Waals surface area (Å²) >= 11 is 0. The molecule has 2 N–H and O–H groups in total. The molecule has 2 nitrogen and oxygen atoms in total. The van der Waals surface area contributed by atoms with Gasteiger partial charge in [0, 0.05) is 13.7 Å². The van der Waals surface area contributed by atoms with Crippen LogP contribution in [-0.2, 0) is 4.74 Å². The van der Waals surface area contributed by atoms with Crippen LogP contribution in [0.3, 0.4) is 0 Å². The third-order valence-corrected chi connectivity index (χ3v) is 1.22. The van der Waals surface area contributed by atoms with Gasteiger partial charge in [0.25, 0.3) is 0 Å². The molecule has 0 amide bonds. The van der Waals surface area contributed by atoms with E-state index in [2.05, 4.69) is 6.92 Å². The van der Waals surface area contributed by atoms with Crippen molar-refractivity contribution in [3.05, 3.63) is 0 Å². The Kier molecular flexibility index (Phi) is 5.01. The molecule has 0 spiro atoms. The second-order valence-electron chi connectivity index (χ2n) is 2.12. The molecule has 0 heterocycles. The number of ether oxygens (including phenoxy) is 1. The van der Waals surface area contributed by atoms with E-state index in [9.17, 15) is 0 Å². The van der Waals surface area contributed by atoms with E-state index < -0.39 is 0 Å². The van der Waals surface area contributed by atoms with Crippen LogP contribution in [0.1, 0.15) is 13.3 Å².